The highest BCUT2D eigenvalue weighted by atomic mass is 16.5. The predicted octanol–water partition coefficient (Wildman–Crippen LogP) is 3.43. The van der Waals surface area contributed by atoms with Crippen molar-refractivity contribution in [1.82, 2.24) is 15.1 Å². The highest BCUT2D eigenvalue weighted by Crippen LogP contribution is 2.52. The maximum absolute atomic E-state index is 5.78. The Labute approximate surface area is 134 Å². The van der Waals surface area contributed by atoms with E-state index in [1.165, 1.54) is 0 Å². The van der Waals surface area contributed by atoms with Crippen LogP contribution in [-0.4, -0.2) is 15.1 Å². The van der Waals surface area contributed by atoms with Crippen LogP contribution in [0.3, 0.4) is 0 Å². The van der Waals surface area contributed by atoms with Gasteiger partial charge in [0.25, 0.3) is 0 Å². The maximum Gasteiger partial charge on any atom is 0.237 e. The van der Waals surface area contributed by atoms with Crippen molar-refractivity contribution < 1.29 is 9.26 Å². The van der Waals surface area contributed by atoms with Crippen molar-refractivity contribution in [3.8, 4) is 5.75 Å². The average molecular weight is 307 g/mol. The van der Waals surface area contributed by atoms with E-state index in [4.69, 9.17) is 9.26 Å². The molecule has 5 nitrogen and oxygen atoms in total. The molecule has 0 atom stereocenters. The third-order valence-electron chi connectivity index (χ3n) is 4.29. The zero-order valence-electron chi connectivity index (χ0n) is 12.9. The zero-order valence-corrected chi connectivity index (χ0v) is 12.9. The molecule has 1 aromatic carbocycles. The number of hydrogen-bond acceptors (Lipinski definition) is 5. The Bertz CT molecular complexity index is 810. The molecule has 0 amide bonds. The lowest BCUT2D eigenvalue weighted by Crippen LogP contribution is -2.09. The van der Waals surface area contributed by atoms with Crippen molar-refractivity contribution in [1.29, 1.82) is 0 Å². The first-order valence-corrected chi connectivity index (χ1v) is 7.70. The van der Waals surface area contributed by atoms with Gasteiger partial charge in [-0.15, -0.1) is 0 Å². The van der Waals surface area contributed by atoms with Crippen molar-refractivity contribution in [2.75, 3.05) is 0 Å². The van der Waals surface area contributed by atoms with Gasteiger partial charge in [-0.05, 0) is 43.0 Å². The van der Waals surface area contributed by atoms with Crippen LogP contribution in [0.15, 0.2) is 53.3 Å². The molecule has 3 aromatic rings. The van der Waals surface area contributed by atoms with Gasteiger partial charge in [-0.2, -0.15) is 4.98 Å². The van der Waals surface area contributed by atoms with E-state index in [1.54, 1.807) is 6.20 Å². The molecular weight excluding hydrogens is 290 g/mol. The summed E-state index contributed by atoms with van der Waals surface area (Å²) in [4.78, 5) is 8.73. The monoisotopic (exact) mass is 307 g/mol. The number of para-hydroxylation sites is 1. The van der Waals surface area contributed by atoms with Gasteiger partial charge in [-0.25, -0.2) is 0 Å². The number of pyridine rings is 1. The number of ether oxygens (including phenoxy) is 1. The van der Waals surface area contributed by atoms with Crippen LogP contribution in [0.25, 0.3) is 0 Å². The van der Waals surface area contributed by atoms with Crippen LogP contribution in [-0.2, 0) is 12.0 Å². The molecule has 0 saturated heterocycles. The second-order valence-electron chi connectivity index (χ2n) is 5.89. The van der Waals surface area contributed by atoms with E-state index in [9.17, 15) is 0 Å². The molecule has 1 aliphatic rings. The van der Waals surface area contributed by atoms with Gasteiger partial charge in [0, 0.05) is 12.4 Å². The quantitative estimate of drug-likeness (QED) is 0.722. The third kappa shape index (κ3) is 2.59. The Balaban J connectivity index is 1.51. The summed E-state index contributed by atoms with van der Waals surface area (Å²) in [5, 5.41) is 4.06. The molecule has 23 heavy (non-hydrogen) atoms. The van der Waals surface area contributed by atoms with E-state index >= 15 is 0 Å². The highest BCUT2D eigenvalue weighted by molar-refractivity contribution is 5.36. The van der Waals surface area contributed by atoms with Gasteiger partial charge in [-0.1, -0.05) is 29.4 Å². The first kappa shape index (κ1) is 13.9. The number of rotatable bonds is 5. The Morgan fingerprint density at radius 1 is 1.17 bits per heavy atom. The van der Waals surface area contributed by atoms with Crippen LogP contribution in [0.4, 0.5) is 0 Å². The minimum atomic E-state index is -0.151. The Hall–Kier alpha value is -2.69. The lowest BCUT2D eigenvalue weighted by Gasteiger charge is -2.09. The smallest absolute Gasteiger partial charge is 0.237 e. The van der Waals surface area contributed by atoms with Gasteiger partial charge in [0.15, 0.2) is 6.61 Å². The minimum absolute atomic E-state index is 0.151. The summed E-state index contributed by atoms with van der Waals surface area (Å²) >= 11 is 0. The van der Waals surface area contributed by atoms with Gasteiger partial charge >= 0.3 is 0 Å². The fourth-order valence-corrected chi connectivity index (χ4v) is 2.76. The van der Waals surface area contributed by atoms with Gasteiger partial charge in [0.1, 0.15) is 5.75 Å². The summed E-state index contributed by atoms with van der Waals surface area (Å²) < 4.78 is 11.3. The summed E-state index contributed by atoms with van der Waals surface area (Å²) in [5.74, 6) is 2.07. The number of aryl methyl sites for hydroxylation is 1. The molecule has 1 fully saturated rings. The van der Waals surface area contributed by atoms with Crippen LogP contribution in [0.1, 0.15) is 35.7 Å². The Morgan fingerprint density at radius 2 is 2.04 bits per heavy atom. The normalized spacial score (nSPS) is 15.3. The van der Waals surface area contributed by atoms with E-state index in [2.05, 4.69) is 21.2 Å². The fraction of sp³-hybridized carbons (Fsp3) is 0.278. The van der Waals surface area contributed by atoms with Gasteiger partial charge in [0.2, 0.25) is 11.7 Å². The van der Waals surface area contributed by atoms with Crippen LogP contribution < -0.4 is 4.74 Å². The van der Waals surface area contributed by atoms with E-state index in [0.29, 0.717) is 18.3 Å². The Kier molecular flexibility index (Phi) is 3.33. The predicted molar refractivity (Wildman–Crippen MR) is 84.1 cm³/mol. The molecule has 1 aliphatic carbocycles. The first-order chi connectivity index (χ1) is 11.3. The third-order valence-corrected chi connectivity index (χ3v) is 4.29. The molecule has 4 rings (SSSR count). The standard InChI is InChI=1S/C18H17N3O2/c1-13-5-2-3-7-15(13)22-12-16-20-17(23-21-16)18(8-9-18)14-6-4-10-19-11-14/h2-7,10-11H,8-9,12H2,1H3. The van der Waals surface area contributed by atoms with Crippen LogP contribution in [0, 0.1) is 6.92 Å². The van der Waals surface area contributed by atoms with Crippen molar-refractivity contribution in [3.63, 3.8) is 0 Å². The lowest BCUT2D eigenvalue weighted by atomic mass is 9.98. The molecule has 5 heteroatoms. The van der Waals surface area contributed by atoms with Crippen molar-refractivity contribution >= 4 is 0 Å². The fourth-order valence-electron chi connectivity index (χ4n) is 2.76. The lowest BCUT2D eigenvalue weighted by molar-refractivity contribution is 0.282. The van der Waals surface area contributed by atoms with Crippen LogP contribution in [0.2, 0.25) is 0 Å². The number of aromatic nitrogens is 3. The topological polar surface area (TPSA) is 61.0 Å². The largest absolute Gasteiger partial charge is 0.485 e. The molecule has 2 heterocycles. The molecule has 0 N–H and O–H groups in total. The average Bonchev–Trinajstić information content (AvgIpc) is 3.27. The molecule has 0 radical (unpaired) electrons. The highest BCUT2D eigenvalue weighted by Gasteiger charge is 2.51. The van der Waals surface area contributed by atoms with Crippen LogP contribution in [0.5, 0.6) is 5.75 Å². The minimum Gasteiger partial charge on any atom is -0.485 e. The van der Waals surface area contributed by atoms with Crippen molar-refractivity contribution in [2.24, 2.45) is 0 Å². The van der Waals surface area contributed by atoms with E-state index < -0.39 is 0 Å². The number of benzene rings is 1. The van der Waals surface area contributed by atoms with Gasteiger partial charge in [0.05, 0.1) is 5.41 Å². The molecule has 116 valence electrons. The summed E-state index contributed by atoms with van der Waals surface area (Å²) in [6.45, 7) is 2.32. The zero-order chi connectivity index (χ0) is 15.7. The molecule has 0 spiro atoms. The summed E-state index contributed by atoms with van der Waals surface area (Å²) in [7, 11) is 0. The Morgan fingerprint density at radius 3 is 2.78 bits per heavy atom. The molecule has 0 bridgehead atoms. The first-order valence-electron chi connectivity index (χ1n) is 7.70. The molecule has 0 aliphatic heterocycles. The molecule has 2 aromatic heterocycles. The number of hydrogen-bond donors (Lipinski definition) is 0. The van der Waals surface area contributed by atoms with Crippen LogP contribution >= 0.6 is 0 Å². The van der Waals surface area contributed by atoms with E-state index in [1.807, 2.05) is 43.5 Å². The number of nitrogens with zero attached hydrogens (tertiary/aromatic N) is 3. The summed E-state index contributed by atoms with van der Waals surface area (Å²) in [5.41, 5.74) is 2.07. The maximum atomic E-state index is 5.78. The second-order valence-corrected chi connectivity index (χ2v) is 5.89. The van der Waals surface area contributed by atoms with Crippen molar-refractivity contribution in [3.05, 3.63) is 71.6 Å². The SMILES string of the molecule is Cc1ccccc1OCc1noc(C2(c3cccnc3)CC2)n1. The molecule has 0 unspecified atom stereocenters. The van der Waals surface area contributed by atoms with E-state index in [-0.39, 0.29) is 5.41 Å². The second kappa shape index (κ2) is 5.50. The summed E-state index contributed by atoms with van der Waals surface area (Å²) in [6, 6.07) is 11.9. The van der Waals surface area contributed by atoms with Gasteiger partial charge < -0.3 is 9.26 Å². The molecule has 1 saturated carbocycles. The summed E-state index contributed by atoms with van der Waals surface area (Å²) in [6.07, 6.45) is 5.67. The van der Waals surface area contributed by atoms with Crippen molar-refractivity contribution in [2.45, 2.75) is 31.8 Å². The molecular formula is C18H17N3O2. The van der Waals surface area contributed by atoms with E-state index in [0.717, 1.165) is 29.7 Å². The van der Waals surface area contributed by atoms with Gasteiger partial charge in [-0.3, -0.25) is 4.98 Å².